The van der Waals surface area contributed by atoms with Gasteiger partial charge in [-0.1, -0.05) is 160 Å². The van der Waals surface area contributed by atoms with Gasteiger partial charge in [0.15, 0.2) is 0 Å². The summed E-state index contributed by atoms with van der Waals surface area (Å²) in [7, 11) is 0. The molecule has 0 fully saturated rings. The van der Waals surface area contributed by atoms with Crippen molar-refractivity contribution in [3.8, 4) is 0 Å². The van der Waals surface area contributed by atoms with Crippen molar-refractivity contribution in [1.82, 2.24) is 0 Å². The number of hydrogen-bond acceptors (Lipinski definition) is 12. The van der Waals surface area contributed by atoms with Crippen molar-refractivity contribution in [2.75, 3.05) is 0 Å². The van der Waals surface area contributed by atoms with E-state index >= 15 is 0 Å². The molecule has 61 heavy (non-hydrogen) atoms. The maximum absolute atomic E-state index is 10.3. The minimum Gasteiger partial charge on any atom is -0.550 e. The molecule has 0 saturated carbocycles. The standard InChI is InChI=1S/6C8H16O2.W/c6*1-3-5-6-7(4-2)8(9)10;/h6*7H,3-6H2,1-2H3,(H,9,10);/q;;;;;;+6/p-6. The number of rotatable bonds is 30. The third-order valence-electron chi connectivity index (χ3n) is 10.4. The van der Waals surface area contributed by atoms with Crippen LogP contribution in [0.15, 0.2) is 0 Å². The van der Waals surface area contributed by atoms with Crippen LogP contribution in [0.2, 0.25) is 0 Å². The first-order valence-electron chi connectivity index (χ1n) is 23.6. The molecule has 0 aromatic heterocycles. The molecule has 0 aromatic rings. The van der Waals surface area contributed by atoms with E-state index in [1.165, 1.54) is 0 Å². The topological polar surface area (TPSA) is 241 Å². The summed E-state index contributed by atoms with van der Waals surface area (Å²) in [6.07, 6.45) is 21.1. The second-order valence-corrected chi connectivity index (χ2v) is 15.4. The molecule has 0 spiro atoms. The zero-order chi connectivity index (χ0) is 47.9. The average Bonchev–Trinajstić information content (AvgIpc) is 3.20. The predicted molar refractivity (Wildman–Crippen MR) is 230 cm³/mol. The maximum Gasteiger partial charge on any atom is 6.00 e. The van der Waals surface area contributed by atoms with Gasteiger partial charge in [-0.25, -0.2) is 0 Å². The van der Waals surface area contributed by atoms with Crippen LogP contribution in [0.25, 0.3) is 0 Å². The van der Waals surface area contributed by atoms with Crippen molar-refractivity contribution in [2.45, 2.75) is 237 Å². The molecule has 360 valence electrons. The van der Waals surface area contributed by atoms with Crippen LogP contribution in [0.3, 0.4) is 0 Å². The van der Waals surface area contributed by atoms with Crippen molar-refractivity contribution in [3.05, 3.63) is 0 Å². The van der Waals surface area contributed by atoms with E-state index in [2.05, 4.69) is 41.5 Å². The third kappa shape index (κ3) is 53.6. The first-order chi connectivity index (χ1) is 28.3. The van der Waals surface area contributed by atoms with Gasteiger partial charge in [-0.15, -0.1) is 0 Å². The minimum absolute atomic E-state index is 0. The van der Waals surface area contributed by atoms with Crippen LogP contribution >= 0.6 is 0 Å². The largest absolute Gasteiger partial charge is 6.00 e. The first kappa shape index (κ1) is 72.9. The van der Waals surface area contributed by atoms with Crippen LogP contribution in [0, 0.1) is 35.5 Å². The quantitative estimate of drug-likeness (QED) is 0.0840. The SMILES string of the molecule is CCCCC(CC)C(=O)[O-].CCCCC(CC)C(=O)[O-].CCCCC(CC)C(=O)[O-].CCCCC(CC)C(=O)[O-].CCCCC(CC)C(=O)[O-].CCCCC(CC)C(=O)[O-].[W+6]. The second kappa shape index (κ2) is 55.5. The fraction of sp³-hybridized carbons (Fsp3) is 0.875. The molecule has 13 heteroatoms. The van der Waals surface area contributed by atoms with Crippen LogP contribution in [-0.4, -0.2) is 35.8 Å². The Balaban J connectivity index is -0.000000114. The fourth-order valence-corrected chi connectivity index (χ4v) is 5.63. The summed E-state index contributed by atoms with van der Waals surface area (Å²) < 4.78 is 0. The predicted octanol–water partition coefficient (Wildman–Crippen LogP) is 5.71. The van der Waals surface area contributed by atoms with Gasteiger partial charge in [0.25, 0.3) is 0 Å². The summed E-state index contributed by atoms with van der Waals surface area (Å²) in [5.41, 5.74) is 0. The maximum atomic E-state index is 10.3. The smallest absolute Gasteiger partial charge is 0.550 e. The van der Waals surface area contributed by atoms with Crippen LogP contribution in [0.1, 0.15) is 237 Å². The summed E-state index contributed by atoms with van der Waals surface area (Å²) in [4.78, 5) is 62.0. The van der Waals surface area contributed by atoms with Gasteiger partial charge >= 0.3 is 21.1 Å². The van der Waals surface area contributed by atoms with Crippen LogP contribution in [-0.2, 0) is 49.8 Å². The van der Waals surface area contributed by atoms with E-state index in [4.69, 9.17) is 0 Å². The third-order valence-corrected chi connectivity index (χ3v) is 10.4. The Bertz CT molecular complexity index is 806. The molecule has 0 rings (SSSR count). The first-order valence-corrected chi connectivity index (χ1v) is 23.6. The van der Waals surface area contributed by atoms with Gasteiger partial charge in [0, 0.05) is 35.8 Å². The van der Waals surface area contributed by atoms with Crippen LogP contribution < -0.4 is 30.6 Å². The van der Waals surface area contributed by atoms with Gasteiger partial charge in [0.1, 0.15) is 0 Å². The van der Waals surface area contributed by atoms with E-state index in [9.17, 15) is 59.4 Å². The zero-order valence-electron chi connectivity index (χ0n) is 40.7. The van der Waals surface area contributed by atoms with Crippen molar-refractivity contribution < 1.29 is 80.5 Å². The average molecular weight is 1040 g/mol. The summed E-state index contributed by atoms with van der Waals surface area (Å²) in [5.74, 6) is -6.69. The Morgan fingerprint density at radius 1 is 0.262 bits per heavy atom. The molecule has 0 N–H and O–H groups in total. The van der Waals surface area contributed by atoms with E-state index in [0.717, 1.165) is 116 Å². The van der Waals surface area contributed by atoms with E-state index in [-0.39, 0.29) is 56.6 Å². The summed E-state index contributed by atoms with van der Waals surface area (Å²) >= 11 is 0. The van der Waals surface area contributed by atoms with Gasteiger partial charge in [-0.2, -0.15) is 0 Å². The molecule has 0 aliphatic carbocycles. The minimum atomic E-state index is -0.893. The molecule has 0 saturated heterocycles. The molecule has 12 nitrogen and oxygen atoms in total. The number of carboxylic acids is 6. The molecular weight excluding hydrogens is 952 g/mol. The number of carboxylic acid groups (broad SMARTS) is 6. The van der Waals surface area contributed by atoms with Gasteiger partial charge in [-0.3, -0.25) is 0 Å². The Morgan fingerprint density at radius 3 is 0.410 bits per heavy atom. The summed E-state index contributed by atoms with van der Waals surface area (Å²) in [5, 5.41) is 62.0. The fourth-order valence-electron chi connectivity index (χ4n) is 5.63. The Kier molecular flexibility index (Phi) is 66.4. The molecule has 0 aliphatic rings. The molecule has 0 aliphatic heterocycles. The summed E-state index contributed by atoms with van der Waals surface area (Å²) in [6.45, 7) is 23.7. The van der Waals surface area contributed by atoms with E-state index < -0.39 is 35.8 Å². The van der Waals surface area contributed by atoms with Crippen molar-refractivity contribution in [3.63, 3.8) is 0 Å². The van der Waals surface area contributed by atoms with Gasteiger partial charge < -0.3 is 59.4 Å². The van der Waals surface area contributed by atoms with Crippen molar-refractivity contribution >= 4 is 35.8 Å². The van der Waals surface area contributed by atoms with Crippen LogP contribution in [0.4, 0.5) is 0 Å². The molecule has 0 aromatic carbocycles. The monoisotopic (exact) mass is 1040 g/mol. The number of carbonyl (C=O) groups is 6. The second-order valence-electron chi connectivity index (χ2n) is 15.4. The molecule has 0 amide bonds. The number of carbonyl (C=O) groups excluding carboxylic acids is 6. The molecule has 6 atom stereocenters. The zero-order valence-corrected chi connectivity index (χ0v) is 43.7. The number of unbranched alkanes of at least 4 members (excludes halogenated alkanes) is 6. The van der Waals surface area contributed by atoms with Gasteiger partial charge in [-0.05, 0) is 113 Å². The summed E-state index contributed by atoms with van der Waals surface area (Å²) in [6, 6.07) is 0. The number of aliphatic carboxylic acids is 6. The Hall–Kier alpha value is -2.49. The van der Waals surface area contributed by atoms with E-state index in [1.807, 2.05) is 41.5 Å². The van der Waals surface area contributed by atoms with Crippen molar-refractivity contribution in [1.29, 1.82) is 0 Å². The van der Waals surface area contributed by atoms with E-state index in [1.54, 1.807) is 0 Å². The molecular formula is C48H90O12W. The van der Waals surface area contributed by atoms with E-state index in [0.29, 0.717) is 38.5 Å². The number of hydrogen-bond donors (Lipinski definition) is 0. The molecule has 0 radical (unpaired) electrons. The van der Waals surface area contributed by atoms with Crippen molar-refractivity contribution in [2.24, 2.45) is 35.5 Å². The van der Waals surface area contributed by atoms with Gasteiger partial charge in [0.05, 0.1) is 0 Å². The Morgan fingerprint density at radius 2 is 0.361 bits per heavy atom. The molecule has 6 unspecified atom stereocenters. The van der Waals surface area contributed by atoms with Crippen LogP contribution in [0.5, 0.6) is 0 Å². The molecule has 0 heterocycles. The Labute approximate surface area is 387 Å². The molecule has 0 bridgehead atoms. The normalized spacial score (nSPS) is 12.8. The van der Waals surface area contributed by atoms with Gasteiger partial charge in [0.2, 0.25) is 0 Å².